The van der Waals surface area contributed by atoms with E-state index in [9.17, 15) is 4.79 Å². The number of carbonyl (C=O) groups is 1. The van der Waals surface area contributed by atoms with Crippen molar-refractivity contribution in [2.24, 2.45) is 0 Å². The average molecular weight is 261 g/mol. The van der Waals surface area contributed by atoms with Crippen LogP contribution < -0.4 is 0 Å². The molecule has 0 aliphatic rings. The highest BCUT2D eigenvalue weighted by molar-refractivity contribution is 6.00. The SMILES string of the molecule is Cc1ccc2cc(C(=O)Cc3ccccc3)ccc2n1. The van der Waals surface area contributed by atoms with Gasteiger partial charge in [-0.3, -0.25) is 9.78 Å². The Bertz CT molecular complexity index is 763. The number of carbonyl (C=O) groups excluding carboxylic acids is 1. The van der Waals surface area contributed by atoms with Gasteiger partial charge in [0, 0.05) is 23.1 Å². The minimum Gasteiger partial charge on any atom is -0.294 e. The van der Waals surface area contributed by atoms with Gasteiger partial charge < -0.3 is 0 Å². The van der Waals surface area contributed by atoms with E-state index in [0.29, 0.717) is 6.42 Å². The highest BCUT2D eigenvalue weighted by Crippen LogP contribution is 2.16. The highest BCUT2D eigenvalue weighted by atomic mass is 16.1. The molecule has 2 aromatic carbocycles. The average Bonchev–Trinajstić information content (AvgIpc) is 2.47. The lowest BCUT2D eigenvalue weighted by atomic mass is 10.0. The first-order valence-corrected chi connectivity index (χ1v) is 6.67. The third-order valence-electron chi connectivity index (χ3n) is 3.36. The molecule has 0 N–H and O–H groups in total. The maximum Gasteiger partial charge on any atom is 0.167 e. The fraction of sp³-hybridized carbons (Fsp3) is 0.111. The molecule has 0 fully saturated rings. The van der Waals surface area contributed by atoms with Gasteiger partial charge in [-0.05, 0) is 36.8 Å². The Morgan fingerprint density at radius 3 is 2.60 bits per heavy atom. The summed E-state index contributed by atoms with van der Waals surface area (Å²) in [6, 6.07) is 19.5. The lowest BCUT2D eigenvalue weighted by Gasteiger charge is -2.04. The fourth-order valence-corrected chi connectivity index (χ4v) is 2.28. The summed E-state index contributed by atoms with van der Waals surface area (Å²) in [5, 5.41) is 1.01. The maximum atomic E-state index is 12.3. The molecule has 1 heterocycles. The second-order valence-electron chi connectivity index (χ2n) is 4.95. The molecule has 20 heavy (non-hydrogen) atoms. The molecule has 0 atom stereocenters. The van der Waals surface area contributed by atoms with Gasteiger partial charge in [-0.15, -0.1) is 0 Å². The van der Waals surface area contributed by atoms with Crippen LogP contribution in [0.25, 0.3) is 10.9 Å². The van der Waals surface area contributed by atoms with Crippen molar-refractivity contribution in [2.45, 2.75) is 13.3 Å². The summed E-state index contributed by atoms with van der Waals surface area (Å²) >= 11 is 0. The second-order valence-corrected chi connectivity index (χ2v) is 4.95. The van der Waals surface area contributed by atoms with E-state index in [1.165, 1.54) is 0 Å². The largest absolute Gasteiger partial charge is 0.294 e. The molecule has 0 aliphatic carbocycles. The van der Waals surface area contributed by atoms with Crippen molar-refractivity contribution in [1.29, 1.82) is 0 Å². The Morgan fingerprint density at radius 2 is 1.80 bits per heavy atom. The smallest absolute Gasteiger partial charge is 0.167 e. The number of aromatic nitrogens is 1. The van der Waals surface area contributed by atoms with Gasteiger partial charge in [0.1, 0.15) is 0 Å². The highest BCUT2D eigenvalue weighted by Gasteiger charge is 2.08. The van der Waals surface area contributed by atoms with Gasteiger partial charge in [0.25, 0.3) is 0 Å². The van der Waals surface area contributed by atoms with E-state index in [4.69, 9.17) is 0 Å². The zero-order valence-electron chi connectivity index (χ0n) is 11.3. The first kappa shape index (κ1) is 12.5. The molecule has 3 rings (SSSR count). The first-order chi connectivity index (χ1) is 9.72. The number of benzene rings is 2. The summed E-state index contributed by atoms with van der Waals surface area (Å²) in [7, 11) is 0. The number of nitrogens with zero attached hydrogens (tertiary/aromatic N) is 1. The molecule has 0 unspecified atom stereocenters. The molecule has 98 valence electrons. The quantitative estimate of drug-likeness (QED) is 0.668. The standard InChI is InChI=1S/C18H15NO/c1-13-7-8-15-12-16(9-10-17(15)19-13)18(20)11-14-5-3-2-4-6-14/h2-10,12H,11H2,1H3. The molecule has 0 spiro atoms. The molecule has 0 saturated carbocycles. The molecular weight excluding hydrogens is 246 g/mol. The summed E-state index contributed by atoms with van der Waals surface area (Å²) in [6.07, 6.45) is 0.436. The van der Waals surface area contributed by atoms with E-state index in [0.717, 1.165) is 27.7 Å². The van der Waals surface area contributed by atoms with Crippen LogP contribution in [0.4, 0.5) is 0 Å². The Hall–Kier alpha value is -2.48. The van der Waals surface area contributed by atoms with Crippen LogP contribution >= 0.6 is 0 Å². The van der Waals surface area contributed by atoms with Gasteiger partial charge in [-0.1, -0.05) is 36.4 Å². The summed E-state index contributed by atoms with van der Waals surface area (Å²) in [5.41, 5.74) is 3.70. The predicted molar refractivity (Wildman–Crippen MR) is 81.0 cm³/mol. The molecule has 0 bridgehead atoms. The number of aryl methyl sites for hydroxylation is 1. The number of ketones is 1. The van der Waals surface area contributed by atoms with E-state index in [-0.39, 0.29) is 5.78 Å². The first-order valence-electron chi connectivity index (χ1n) is 6.67. The minimum absolute atomic E-state index is 0.138. The lowest BCUT2D eigenvalue weighted by molar-refractivity contribution is 0.0993. The van der Waals surface area contributed by atoms with Gasteiger partial charge >= 0.3 is 0 Å². The van der Waals surface area contributed by atoms with Crippen LogP contribution in [-0.2, 0) is 6.42 Å². The summed E-state index contributed by atoms with van der Waals surface area (Å²) in [5.74, 6) is 0.138. The monoisotopic (exact) mass is 261 g/mol. The maximum absolute atomic E-state index is 12.3. The van der Waals surface area contributed by atoms with E-state index >= 15 is 0 Å². The van der Waals surface area contributed by atoms with E-state index in [2.05, 4.69) is 4.98 Å². The minimum atomic E-state index is 0.138. The van der Waals surface area contributed by atoms with E-state index in [1.54, 1.807) is 0 Å². The molecule has 0 saturated heterocycles. The van der Waals surface area contributed by atoms with Gasteiger partial charge in [0.15, 0.2) is 5.78 Å². The summed E-state index contributed by atoms with van der Waals surface area (Å²) in [6.45, 7) is 1.97. The number of hydrogen-bond donors (Lipinski definition) is 0. The van der Waals surface area contributed by atoms with Crippen molar-refractivity contribution < 1.29 is 4.79 Å². The number of fused-ring (bicyclic) bond motifs is 1. The van der Waals surface area contributed by atoms with Crippen LogP contribution in [-0.4, -0.2) is 10.8 Å². The van der Waals surface area contributed by atoms with Crippen molar-refractivity contribution in [3.05, 3.63) is 77.5 Å². The molecule has 0 amide bonds. The molecule has 2 nitrogen and oxygen atoms in total. The predicted octanol–water partition coefficient (Wildman–Crippen LogP) is 3.97. The number of hydrogen-bond acceptors (Lipinski definition) is 2. The van der Waals surface area contributed by atoms with Crippen LogP contribution in [0.2, 0.25) is 0 Å². The van der Waals surface area contributed by atoms with Crippen LogP contribution in [0, 0.1) is 6.92 Å². The van der Waals surface area contributed by atoms with E-state index in [1.807, 2.05) is 67.6 Å². The van der Waals surface area contributed by atoms with Crippen molar-refractivity contribution in [2.75, 3.05) is 0 Å². The zero-order valence-corrected chi connectivity index (χ0v) is 11.3. The Balaban J connectivity index is 1.90. The van der Waals surface area contributed by atoms with Crippen LogP contribution in [0.15, 0.2) is 60.7 Å². The van der Waals surface area contributed by atoms with Crippen LogP contribution in [0.1, 0.15) is 21.6 Å². The third kappa shape index (κ3) is 2.59. The molecule has 2 heteroatoms. The topological polar surface area (TPSA) is 30.0 Å². The Labute approximate surface area is 118 Å². The molecule has 1 aromatic heterocycles. The molecular formula is C18H15NO. The van der Waals surface area contributed by atoms with Gasteiger partial charge in [0.05, 0.1) is 5.52 Å². The van der Waals surface area contributed by atoms with E-state index < -0.39 is 0 Å². The van der Waals surface area contributed by atoms with Crippen molar-refractivity contribution in [3.63, 3.8) is 0 Å². The number of rotatable bonds is 3. The normalized spacial score (nSPS) is 10.7. The Morgan fingerprint density at radius 1 is 1.00 bits per heavy atom. The van der Waals surface area contributed by atoms with Gasteiger partial charge in [0.2, 0.25) is 0 Å². The fourth-order valence-electron chi connectivity index (χ4n) is 2.28. The molecule has 0 radical (unpaired) electrons. The Kier molecular flexibility index (Phi) is 3.30. The zero-order chi connectivity index (χ0) is 13.9. The third-order valence-corrected chi connectivity index (χ3v) is 3.36. The number of pyridine rings is 1. The van der Waals surface area contributed by atoms with Crippen LogP contribution in [0.3, 0.4) is 0 Å². The second kappa shape index (κ2) is 5.25. The van der Waals surface area contributed by atoms with Crippen molar-refractivity contribution in [1.82, 2.24) is 4.98 Å². The van der Waals surface area contributed by atoms with Crippen molar-refractivity contribution in [3.8, 4) is 0 Å². The van der Waals surface area contributed by atoms with Crippen LogP contribution in [0.5, 0.6) is 0 Å². The summed E-state index contributed by atoms with van der Waals surface area (Å²) < 4.78 is 0. The molecule has 0 aliphatic heterocycles. The summed E-state index contributed by atoms with van der Waals surface area (Å²) in [4.78, 5) is 16.8. The molecule has 3 aromatic rings. The lowest BCUT2D eigenvalue weighted by Crippen LogP contribution is -2.03. The number of Topliss-reactive ketones (excluding diaryl/α,β-unsaturated/α-hetero) is 1. The van der Waals surface area contributed by atoms with Crippen molar-refractivity contribution >= 4 is 16.7 Å². The van der Waals surface area contributed by atoms with Gasteiger partial charge in [-0.2, -0.15) is 0 Å². The van der Waals surface area contributed by atoms with Gasteiger partial charge in [-0.25, -0.2) is 0 Å².